The number of fused-ring (bicyclic) bond motifs is 1. The van der Waals surface area contributed by atoms with E-state index in [2.05, 4.69) is 15.6 Å². The minimum Gasteiger partial charge on any atom is -0.481 e. The molecular formula is C22H24N4O6. The van der Waals surface area contributed by atoms with Crippen molar-refractivity contribution in [2.24, 2.45) is 0 Å². The number of hydrogen-bond donors (Lipinski definition) is 3. The van der Waals surface area contributed by atoms with Crippen LogP contribution in [0.25, 0.3) is 0 Å². The van der Waals surface area contributed by atoms with Crippen molar-refractivity contribution in [3.05, 3.63) is 57.8 Å². The average Bonchev–Trinajstić information content (AvgIpc) is 3.23. The Labute approximate surface area is 183 Å². The lowest BCUT2D eigenvalue weighted by molar-refractivity contribution is -0.139. The van der Waals surface area contributed by atoms with Crippen molar-refractivity contribution in [2.75, 3.05) is 5.32 Å². The van der Waals surface area contributed by atoms with E-state index in [-0.39, 0.29) is 17.8 Å². The molecule has 1 atom stereocenters. The number of aryl methyl sites for hydroxylation is 2. The van der Waals surface area contributed by atoms with Crippen LogP contribution in [0.15, 0.2) is 35.1 Å². The van der Waals surface area contributed by atoms with Crippen molar-refractivity contribution in [2.45, 2.75) is 51.6 Å². The number of ketones is 1. The molecule has 2 amide bonds. The highest BCUT2D eigenvalue weighted by Gasteiger charge is 2.28. The number of carboxylic acid groups (broad SMARTS) is 1. The fourth-order valence-corrected chi connectivity index (χ4v) is 3.49. The van der Waals surface area contributed by atoms with Crippen LogP contribution in [0, 0.1) is 0 Å². The van der Waals surface area contributed by atoms with Crippen molar-refractivity contribution >= 4 is 29.3 Å². The number of carbonyl (C=O) groups excluding carboxylic acids is 3. The fourth-order valence-electron chi connectivity index (χ4n) is 3.49. The van der Waals surface area contributed by atoms with Gasteiger partial charge in [0.2, 0.25) is 5.91 Å². The number of anilines is 1. The Balaban J connectivity index is 1.85. The van der Waals surface area contributed by atoms with Crippen LogP contribution in [0.3, 0.4) is 0 Å². The third-order valence-electron chi connectivity index (χ3n) is 5.17. The number of nitrogens with one attached hydrogen (secondary N) is 2. The summed E-state index contributed by atoms with van der Waals surface area (Å²) < 4.78 is 1.41. The molecule has 0 spiro atoms. The number of carboxylic acids is 1. The van der Waals surface area contributed by atoms with E-state index in [4.69, 9.17) is 5.11 Å². The Morgan fingerprint density at radius 1 is 1.19 bits per heavy atom. The minimum atomic E-state index is -1.28. The smallest absolute Gasteiger partial charge is 0.305 e. The number of carbonyl (C=O) groups is 4. The van der Waals surface area contributed by atoms with E-state index < -0.39 is 41.6 Å². The second-order valence-electron chi connectivity index (χ2n) is 7.58. The van der Waals surface area contributed by atoms with E-state index >= 15 is 0 Å². The molecule has 10 heteroatoms. The molecule has 0 radical (unpaired) electrons. The first-order chi connectivity index (χ1) is 15.3. The Bertz CT molecular complexity index is 1110. The third kappa shape index (κ3) is 5.45. The predicted octanol–water partition coefficient (Wildman–Crippen LogP) is 0.923. The molecule has 3 N–H and O–H groups in total. The molecule has 0 bridgehead atoms. The van der Waals surface area contributed by atoms with Crippen molar-refractivity contribution < 1.29 is 24.3 Å². The van der Waals surface area contributed by atoms with Gasteiger partial charge in [0.25, 0.3) is 11.5 Å². The number of hydrogen-bond acceptors (Lipinski definition) is 6. The largest absolute Gasteiger partial charge is 0.481 e. The van der Waals surface area contributed by atoms with E-state index in [1.807, 2.05) is 30.3 Å². The molecule has 1 unspecified atom stereocenters. The molecule has 2 aromatic rings. The summed E-state index contributed by atoms with van der Waals surface area (Å²) in [5, 5.41) is 13.8. The first kappa shape index (κ1) is 22.9. The molecule has 2 heterocycles. The lowest BCUT2D eigenvalue weighted by Gasteiger charge is -2.16. The van der Waals surface area contributed by atoms with Crippen LogP contribution in [0.4, 0.5) is 5.69 Å². The molecule has 168 valence electrons. The zero-order valence-electron chi connectivity index (χ0n) is 17.6. The molecule has 1 aromatic heterocycles. The summed E-state index contributed by atoms with van der Waals surface area (Å²) in [4.78, 5) is 65.4. The van der Waals surface area contributed by atoms with Crippen LogP contribution in [0.2, 0.25) is 0 Å². The third-order valence-corrected chi connectivity index (χ3v) is 5.17. The van der Waals surface area contributed by atoms with E-state index in [1.54, 1.807) is 0 Å². The van der Waals surface area contributed by atoms with Gasteiger partial charge in [-0.05, 0) is 25.3 Å². The first-order valence-electron chi connectivity index (χ1n) is 10.3. The van der Waals surface area contributed by atoms with Gasteiger partial charge in [-0.15, -0.1) is 0 Å². The van der Waals surface area contributed by atoms with E-state index in [9.17, 15) is 24.0 Å². The highest BCUT2D eigenvalue weighted by atomic mass is 16.4. The first-order valence-corrected chi connectivity index (χ1v) is 10.3. The van der Waals surface area contributed by atoms with Gasteiger partial charge >= 0.3 is 5.97 Å². The van der Waals surface area contributed by atoms with Crippen LogP contribution in [-0.2, 0) is 33.8 Å². The SMILES string of the molecule is CC(=O)C(CC(=O)O)NC(=O)c1nc2n(c(=O)c1NC(=O)CCc1ccccc1)CCC2. The standard InChI is InChI=1S/C22H24N4O6/c1-13(27)15(12-18(29)30)23-21(31)19-20(22(32)26-11-5-8-16(26)24-19)25-17(28)10-9-14-6-3-2-4-7-14/h2-4,6-7,15H,5,8-12H2,1H3,(H,23,31)(H,25,28)(H,29,30). The number of amides is 2. The summed E-state index contributed by atoms with van der Waals surface area (Å²) in [6.45, 7) is 1.58. The molecule has 10 nitrogen and oxygen atoms in total. The van der Waals surface area contributed by atoms with Crippen LogP contribution < -0.4 is 16.2 Å². The molecule has 3 rings (SSSR count). The average molecular weight is 440 g/mol. The Morgan fingerprint density at radius 3 is 2.56 bits per heavy atom. The molecule has 1 aliphatic heterocycles. The van der Waals surface area contributed by atoms with Gasteiger partial charge in [-0.2, -0.15) is 0 Å². The Morgan fingerprint density at radius 2 is 1.91 bits per heavy atom. The second kappa shape index (κ2) is 9.99. The van der Waals surface area contributed by atoms with Crippen molar-refractivity contribution in [1.82, 2.24) is 14.9 Å². The zero-order valence-corrected chi connectivity index (χ0v) is 17.6. The summed E-state index contributed by atoms with van der Waals surface area (Å²) in [6, 6.07) is 8.05. The molecule has 32 heavy (non-hydrogen) atoms. The molecule has 0 fully saturated rings. The number of Topliss-reactive ketones (excluding diaryl/α,β-unsaturated/α-hetero) is 1. The summed E-state index contributed by atoms with van der Waals surface area (Å²) >= 11 is 0. The Hall–Kier alpha value is -3.82. The highest BCUT2D eigenvalue weighted by Crippen LogP contribution is 2.16. The maximum absolute atomic E-state index is 13.0. The number of aliphatic carboxylic acids is 1. The Kier molecular flexibility index (Phi) is 7.14. The number of benzene rings is 1. The quantitative estimate of drug-likeness (QED) is 0.525. The van der Waals surface area contributed by atoms with Crippen LogP contribution in [0.5, 0.6) is 0 Å². The monoisotopic (exact) mass is 440 g/mol. The number of rotatable bonds is 9. The van der Waals surface area contributed by atoms with E-state index in [0.717, 1.165) is 12.5 Å². The zero-order chi connectivity index (χ0) is 23.3. The van der Waals surface area contributed by atoms with Crippen molar-refractivity contribution in [1.29, 1.82) is 0 Å². The fraction of sp³-hybridized carbons (Fsp3) is 0.364. The van der Waals surface area contributed by atoms with Gasteiger partial charge in [-0.3, -0.25) is 28.5 Å². The molecule has 0 saturated heterocycles. The lowest BCUT2D eigenvalue weighted by atomic mass is 10.1. The van der Waals surface area contributed by atoms with Gasteiger partial charge < -0.3 is 15.7 Å². The summed E-state index contributed by atoms with van der Waals surface area (Å²) in [5.74, 6) is -2.76. The summed E-state index contributed by atoms with van der Waals surface area (Å²) in [7, 11) is 0. The molecule has 1 aromatic carbocycles. The van der Waals surface area contributed by atoms with Crippen molar-refractivity contribution in [3.8, 4) is 0 Å². The van der Waals surface area contributed by atoms with Crippen LogP contribution >= 0.6 is 0 Å². The van der Waals surface area contributed by atoms with Gasteiger partial charge in [0.1, 0.15) is 11.5 Å². The van der Waals surface area contributed by atoms with Gasteiger partial charge in [-0.25, -0.2) is 4.98 Å². The molecular weight excluding hydrogens is 416 g/mol. The predicted molar refractivity (Wildman–Crippen MR) is 114 cm³/mol. The van der Waals surface area contributed by atoms with E-state index in [1.165, 1.54) is 4.57 Å². The van der Waals surface area contributed by atoms with Crippen molar-refractivity contribution in [3.63, 3.8) is 0 Å². The maximum atomic E-state index is 13.0. The second-order valence-corrected chi connectivity index (χ2v) is 7.58. The van der Waals surface area contributed by atoms with Gasteiger partial charge in [-0.1, -0.05) is 30.3 Å². The van der Waals surface area contributed by atoms with Gasteiger partial charge in [0, 0.05) is 19.4 Å². The minimum absolute atomic E-state index is 0.0847. The lowest BCUT2D eigenvalue weighted by Crippen LogP contribution is -2.43. The highest BCUT2D eigenvalue weighted by molar-refractivity contribution is 6.04. The summed E-state index contributed by atoms with van der Waals surface area (Å²) in [6.07, 6.45) is 1.08. The number of nitrogens with zero attached hydrogens (tertiary/aromatic N) is 2. The summed E-state index contributed by atoms with van der Waals surface area (Å²) in [5.41, 5.74) is -0.206. The van der Waals surface area contributed by atoms with Crippen LogP contribution in [0.1, 0.15) is 48.1 Å². The van der Waals surface area contributed by atoms with Gasteiger partial charge in [0.15, 0.2) is 11.5 Å². The molecule has 0 saturated carbocycles. The maximum Gasteiger partial charge on any atom is 0.305 e. The van der Waals surface area contributed by atoms with Gasteiger partial charge in [0.05, 0.1) is 12.5 Å². The number of aromatic nitrogens is 2. The molecule has 1 aliphatic rings. The van der Waals surface area contributed by atoms with E-state index in [0.29, 0.717) is 31.6 Å². The molecule has 0 aliphatic carbocycles. The normalized spacial score (nSPS) is 13.2. The topological polar surface area (TPSA) is 147 Å². The van der Waals surface area contributed by atoms with Crippen LogP contribution in [-0.4, -0.2) is 44.3 Å².